The summed E-state index contributed by atoms with van der Waals surface area (Å²) >= 11 is 0. The summed E-state index contributed by atoms with van der Waals surface area (Å²) in [7, 11) is 0. The van der Waals surface area contributed by atoms with Gasteiger partial charge in [0.1, 0.15) is 12.4 Å². The van der Waals surface area contributed by atoms with Gasteiger partial charge in [0.15, 0.2) is 0 Å². The molecule has 1 atom stereocenters. The molecule has 1 unspecified atom stereocenters. The zero-order valence-electron chi connectivity index (χ0n) is 15.9. The molecule has 1 aliphatic carbocycles. The van der Waals surface area contributed by atoms with Crippen molar-refractivity contribution in [1.82, 2.24) is 14.9 Å². The highest BCUT2D eigenvalue weighted by molar-refractivity contribution is 5.79. The van der Waals surface area contributed by atoms with Gasteiger partial charge in [0.2, 0.25) is 0 Å². The van der Waals surface area contributed by atoms with E-state index in [4.69, 9.17) is 4.74 Å². The van der Waals surface area contributed by atoms with Gasteiger partial charge in [-0.3, -0.25) is 9.69 Å². The Morgan fingerprint density at radius 2 is 1.76 bits per heavy atom. The smallest absolute Gasteiger partial charge is 0.410 e. The number of H-pyrrole nitrogens is 1. The van der Waals surface area contributed by atoms with E-state index in [2.05, 4.69) is 34.2 Å². The van der Waals surface area contributed by atoms with Gasteiger partial charge in [0.05, 0.1) is 6.04 Å². The van der Waals surface area contributed by atoms with Crippen molar-refractivity contribution in [1.29, 1.82) is 0 Å². The number of benzene rings is 2. The number of carbonyl (C=O) groups is 1. The second kappa shape index (κ2) is 7.20. The van der Waals surface area contributed by atoms with Gasteiger partial charge in [-0.05, 0) is 35.1 Å². The van der Waals surface area contributed by atoms with Gasteiger partial charge < -0.3 is 9.72 Å². The third-order valence-corrected chi connectivity index (χ3v) is 5.83. The van der Waals surface area contributed by atoms with E-state index >= 15 is 0 Å². The molecular formula is C23H21N3O3. The molecule has 3 aromatic rings. The monoisotopic (exact) mass is 387 g/mol. The summed E-state index contributed by atoms with van der Waals surface area (Å²) in [6, 6.07) is 17.7. The first-order valence-electron chi connectivity index (χ1n) is 9.89. The van der Waals surface area contributed by atoms with Crippen molar-refractivity contribution in [3.05, 3.63) is 88.1 Å². The molecule has 29 heavy (non-hydrogen) atoms. The zero-order valence-corrected chi connectivity index (χ0v) is 15.9. The van der Waals surface area contributed by atoms with Crippen LogP contribution in [0, 0.1) is 0 Å². The molecule has 6 nitrogen and oxygen atoms in total. The van der Waals surface area contributed by atoms with Crippen molar-refractivity contribution in [2.24, 2.45) is 0 Å². The van der Waals surface area contributed by atoms with E-state index in [0.717, 1.165) is 12.8 Å². The molecule has 146 valence electrons. The second-order valence-corrected chi connectivity index (χ2v) is 7.47. The summed E-state index contributed by atoms with van der Waals surface area (Å²) in [6.07, 6.45) is 2.73. The summed E-state index contributed by atoms with van der Waals surface area (Å²) in [5.74, 6) is 0.547. The van der Waals surface area contributed by atoms with Crippen LogP contribution in [0.4, 0.5) is 4.79 Å². The van der Waals surface area contributed by atoms with E-state index in [1.165, 1.54) is 34.5 Å². The van der Waals surface area contributed by atoms with Crippen LogP contribution in [0.5, 0.6) is 0 Å². The van der Waals surface area contributed by atoms with Crippen LogP contribution in [0.1, 0.15) is 41.8 Å². The standard InChI is InChI=1S/C23H21N3O3/c27-21-11-12-24-22(25-21)20-10-5-13-26(20)23(28)29-14-19-17-8-3-1-6-15(17)16-7-2-4-9-18(16)19/h1-4,6-9,11-12,19-20H,5,10,13-14H2,(H,24,25,27). The third-order valence-electron chi connectivity index (χ3n) is 5.83. The molecule has 0 spiro atoms. The Hall–Kier alpha value is -3.41. The molecule has 2 heterocycles. The molecule has 1 aromatic heterocycles. The molecule has 2 aromatic carbocycles. The Morgan fingerprint density at radius 1 is 1.07 bits per heavy atom. The van der Waals surface area contributed by atoms with E-state index in [1.54, 1.807) is 4.90 Å². The van der Waals surface area contributed by atoms with Crippen molar-refractivity contribution in [3.63, 3.8) is 0 Å². The first-order valence-corrected chi connectivity index (χ1v) is 9.89. The van der Waals surface area contributed by atoms with Gasteiger partial charge in [-0.15, -0.1) is 0 Å². The fourth-order valence-corrected chi connectivity index (χ4v) is 4.50. The molecule has 6 heteroatoms. The Morgan fingerprint density at radius 3 is 2.45 bits per heavy atom. The molecule has 1 fully saturated rings. The van der Waals surface area contributed by atoms with Crippen LogP contribution in [0.2, 0.25) is 0 Å². The summed E-state index contributed by atoms with van der Waals surface area (Å²) in [5, 5.41) is 0. The van der Waals surface area contributed by atoms with Crippen molar-refractivity contribution >= 4 is 6.09 Å². The number of aromatic amines is 1. The number of hydrogen-bond donors (Lipinski definition) is 1. The van der Waals surface area contributed by atoms with E-state index in [1.807, 2.05) is 24.3 Å². The molecule has 1 aliphatic heterocycles. The van der Waals surface area contributed by atoms with Crippen LogP contribution in [0.15, 0.2) is 65.6 Å². The Labute approximate surface area is 168 Å². The summed E-state index contributed by atoms with van der Waals surface area (Å²) in [5.41, 5.74) is 4.57. The number of carbonyl (C=O) groups excluding carboxylic acids is 1. The van der Waals surface area contributed by atoms with Gasteiger partial charge in [0, 0.05) is 24.7 Å². The lowest BCUT2D eigenvalue weighted by molar-refractivity contribution is 0.0943. The number of amides is 1. The van der Waals surface area contributed by atoms with Crippen LogP contribution >= 0.6 is 0 Å². The predicted molar refractivity (Wildman–Crippen MR) is 109 cm³/mol. The van der Waals surface area contributed by atoms with E-state index < -0.39 is 0 Å². The lowest BCUT2D eigenvalue weighted by atomic mass is 9.98. The minimum Gasteiger partial charge on any atom is -0.448 e. The first-order chi connectivity index (χ1) is 14.2. The molecule has 1 saturated heterocycles. The molecule has 2 aliphatic rings. The van der Waals surface area contributed by atoms with Gasteiger partial charge in [-0.2, -0.15) is 0 Å². The number of hydrogen-bond acceptors (Lipinski definition) is 4. The van der Waals surface area contributed by atoms with Crippen LogP contribution in [-0.4, -0.2) is 34.1 Å². The maximum Gasteiger partial charge on any atom is 0.410 e. The highest BCUT2D eigenvalue weighted by Crippen LogP contribution is 2.44. The van der Waals surface area contributed by atoms with Crippen molar-refractivity contribution in [2.75, 3.05) is 13.2 Å². The van der Waals surface area contributed by atoms with Crippen LogP contribution in [0.25, 0.3) is 11.1 Å². The van der Waals surface area contributed by atoms with E-state index in [-0.39, 0.29) is 30.2 Å². The van der Waals surface area contributed by atoms with Crippen LogP contribution in [0.3, 0.4) is 0 Å². The Balaban J connectivity index is 1.35. The zero-order chi connectivity index (χ0) is 19.8. The highest BCUT2D eigenvalue weighted by Gasteiger charge is 2.34. The molecule has 1 amide bonds. The minimum absolute atomic E-state index is 0.0297. The van der Waals surface area contributed by atoms with Gasteiger partial charge in [-0.25, -0.2) is 9.78 Å². The Bertz CT molecular complexity index is 1080. The van der Waals surface area contributed by atoms with Crippen LogP contribution < -0.4 is 5.56 Å². The summed E-state index contributed by atoms with van der Waals surface area (Å²) < 4.78 is 5.77. The Kier molecular flexibility index (Phi) is 4.39. The molecule has 5 rings (SSSR count). The van der Waals surface area contributed by atoms with E-state index in [9.17, 15) is 9.59 Å². The number of rotatable bonds is 3. The quantitative estimate of drug-likeness (QED) is 0.741. The summed E-state index contributed by atoms with van der Waals surface area (Å²) in [6.45, 7) is 0.884. The molecule has 0 bridgehead atoms. The third kappa shape index (κ3) is 3.10. The van der Waals surface area contributed by atoms with Gasteiger partial charge in [0.25, 0.3) is 5.56 Å². The number of nitrogens with one attached hydrogen (secondary N) is 1. The number of ether oxygens (including phenoxy) is 1. The molecule has 0 radical (unpaired) electrons. The second-order valence-electron chi connectivity index (χ2n) is 7.47. The molecule has 1 N–H and O–H groups in total. The first kappa shape index (κ1) is 17.7. The number of aromatic nitrogens is 2. The molecular weight excluding hydrogens is 366 g/mol. The average molecular weight is 387 g/mol. The molecule has 0 saturated carbocycles. The van der Waals surface area contributed by atoms with Crippen LogP contribution in [-0.2, 0) is 4.74 Å². The fraction of sp³-hybridized carbons (Fsp3) is 0.261. The maximum absolute atomic E-state index is 12.9. The predicted octanol–water partition coefficient (Wildman–Crippen LogP) is 3.86. The number of fused-ring (bicyclic) bond motifs is 3. The highest BCUT2D eigenvalue weighted by atomic mass is 16.6. The number of likely N-dealkylation sites (tertiary alicyclic amines) is 1. The van der Waals surface area contributed by atoms with Gasteiger partial charge >= 0.3 is 6.09 Å². The van der Waals surface area contributed by atoms with Crippen molar-refractivity contribution < 1.29 is 9.53 Å². The SMILES string of the molecule is O=C(OCC1c2ccccc2-c2ccccc21)N1CCCC1c1nccc(=O)[nH]1. The largest absolute Gasteiger partial charge is 0.448 e. The lowest BCUT2D eigenvalue weighted by Gasteiger charge is -2.24. The lowest BCUT2D eigenvalue weighted by Crippen LogP contribution is -2.33. The normalized spacial score (nSPS) is 17.8. The minimum atomic E-state index is -0.360. The van der Waals surface area contributed by atoms with Crippen molar-refractivity contribution in [2.45, 2.75) is 24.8 Å². The number of nitrogens with zero attached hydrogens (tertiary/aromatic N) is 2. The summed E-state index contributed by atoms with van der Waals surface area (Å²) in [4.78, 5) is 33.2. The topological polar surface area (TPSA) is 75.3 Å². The van der Waals surface area contributed by atoms with Crippen molar-refractivity contribution in [3.8, 4) is 11.1 Å². The fourth-order valence-electron chi connectivity index (χ4n) is 4.50. The van der Waals surface area contributed by atoms with Gasteiger partial charge in [-0.1, -0.05) is 48.5 Å². The maximum atomic E-state index is 12.9. The van der Waals surface area contributed by atoms with E-state index in [0.29, 0.717) is 12.4 Å². The average Bonchev–Trinajstić information content (AvgIpc) is 3.36.